The van der Waals surface area contributed by atoms with Crippen LogP contribution in [0.2, 0.25) is 0 Å². The number of thioether (sulfide) groups is 1. The number of carbonyl (C=O) groups excluding carboxylic acids is 1. The highest BCUT2D eigenvalue weighted by Gasteiger charge is 2.45. The van der Waals surface area contributed by atoms with Crippen molar-refractivity contribution in [3.8, 4) is 0 Å². The highest BCUT2D eigenvalue weighted by atomic mass is 32.2. The van der Waals surface area contributed by atoms with Gasteiger partial charge >= 0.3 is 0 Å². The maximum Gasteiger partial charge on any atom is 0.217 e. The topological polar surface area (TPSA) is 112 Å². The van der Waals surface area contributed by atoms with Gasteiger partial charge in [-0.2, -0.15) is 0 Å². The Hall–Kier alpha value is -1.19. The number of amides is 1. The molecule has 1 aromatic rings. The fraction of sp³-hybridized carbons (Fsp3) is 0.571. The molecule has 0 unspecified atom stereocenters. The van der Waals surface area contributed by atoms with Gasteiger partial charge in [-0.1, -0.05) is 17.8 Å². The predicted molar refractivity (Wildman–Crippen MR) is 80.2 cm³/mol. The summed E-state index contributed by atoms with van der Waals surface area (Å²) in [6, 6.07) is 4.68. The molecule has 1 aliphatic heterocycles. The van der Waals surface area contributed by atoms with Gasteiger partial charge in [-0.25, -0.2) is 4.98 Å². The lowest BCUT2D eigenvalue weighted by Gasteiger charge is -2.42. The van der Waals surface area contributed by atoms with Crippen molar-refractivity contribution in [1.82, 2.24) is 10.3 Å². The average molecular weight is 328 g/mol. The first kappa shape index (κ1) is 17.2. The number of aryl methyl sites for hydroxylation is 1. The summed E-state index contributed by atoms with van der Waals surface area (Å²) in [5.41, 5.74) is 0.157. The summed E-state index contributed by atoms with van der Waals surface area (Å²) >= 11 is 1.22. The Morgan fingerprint density at radius 2 is 2.14 bits per heavy atom. The molecule has 1 fully saturated rings. The number of carbonyl (C=O) groups is 1. The molecule has 2 heterocycles. The van der Waals surface area contributed by atoms with Gasteiger partial charge in [0.2, 0.25) is 5.91 Å². The number of pyridine rings is 1. The van der Waals surface area contributed by atoms with Gasteiger partial charge in [0, 0.05) is 12.6 Å². The molecule has 22 heavy (non-hydrogen) atoms. The number of ether oxygens (including phenoxy) is 1. The highest BCUT2D eigenvalue weighted by molar-refractivity contribution is 7.99. The van der Waals surface area contributed by atoms with Crippen LogP contribution in [0.15, 0.2) is 23.2 Å². The van der Waals surface area contributed by atoms with Crippen molar-refractivity contribution in [3.63, 3.8) is 0 Å². The number of rotatable bonds is 4. The fourth-order valence-corrected chi connectivity index (χ4v) is 3.44. The molecule has 0 aliphatic carbocycles. The van der Waals surface area contributed by atoms with E-state index in [2.05, 4.69) is 10.3 Å². The maximum absolute atomic E-state index is 11.3. The largest absolute Gasteiger partial charge is 0.394 e. The summed E-state index contributed by atoms with van der Waals surface area (Å²) in [7, 11) is 0. The molecular weight excluding hydrogens is 308 g/mol. The third-order valence-corrected chi connectivity index (χ3v) is 4.46. The van der Waals surface area contributed by atoms with E-state index in [-0.39, 0.29) is 5.91 Å². The summed E-state index contributed by atoms with van der Waals surface area (Å²) in [5, 5.41) is 32.7. The molecule has 1 amide bonds. The van der Waals surface area contributed by atoms with E-state index in [9.17, 15) is 20.1 Å². The molecule has 1 aliphatic rings. The number of nitrogens with one attached hydrogen (secondary N) is 1. The van der Waals surface area contributed by atoms with Crippen LogP contribution >= 0.6 is 11.8 Å². The summed E-state index contributed by atoms with van der Waals surface area (Å²) in [4.78, 5) is 15.7. The van der Waals surface area contributed by atoms with Crippen LogP contribution in [0.25, 0.3) is 0 Å². The molecule has 1 aromatic heterocycles. The molecule has 4 N–H and O–H groups in total. The Labute approximate surface area is 132 Å². The summed E-state index contributed by atoms with van der Waals surface area (Å²) in [6.45, 7) is 2.75. The van der Waals surface area contributed by atoms with Crippen LogP contribution in [0, 0.1) is 6.92 Å². The Bertz CT molecular complexity index is 530. The molecule has 0 spiro atoms. The molecule has 7 nitrogen and oxygen atoms in total. The minimum Gasteiger partial charge on any atom is -0.394 e. The summed E-state index contributed by atoms with van der Waals surface area (Å²) in [6.07, 6.45) is -3.43. The van der Waals surface area contributed by atoms with Crippen molar-refractivity contribution in [2.24, 2.45) is 0 Å². The molecule has 0 saturated carbocycles. The molecule has 1 saturated heterocycles. The van der Waals surface area contributed by atoms with Crippen molar-refractivity contribution in [2.45, 2.75) is 48.7 Å². The van der Waals surface area contributed by atoms with Crippen LogP contribution in [0.5, 0.6) is 0 Å². The number of aliphatic hydroxyl groups is 3. The van der Waals surface area contributed by atoms with Crippen LogP contribution in [0.4, 0.5) is 0 Å². The van der Waals surface area contributed by atoms with Crippen LogP contribution in [-0.4, -0.2) is 62.6 Å². The molecule has 0 aromatic carbocycles. The van der Waals surface area contributed by atoms with E-state index in [1.807, 2.05) is 19.1 Å². The summed E-state index contributed by atoms with van der Waals surface area (Å²) in [5.74, 6) is -0.343. The second-order valence-electron chi connectivity index (χ2n) is 5.17. The Morgan fingerprint density at radius 3 is 2.73 bits per heavy atom. The zero-order valence-corrected chi connectivity index (χ0v) is 13.2. The second kappa shape index (κ2) is 7.38. The van der Waals surface area contributed by atoms with E-state index in [4.69, 9.17) is 4.74 Å². The Balaban J connectivity index is 2.21. The van der Waals surface area contributed by atoms with Crippen molar-refractivity contribution in [3.05, 3.63) is 23.9 Å². The number of hydrogen-bond donors (Lipinski definition) is 4. The highest BCUT2D eigenvalue weighted by Crippen LogP contribution is 2.32. The molecule has 0 bridgehead atoms. The SMILES string of the molecule is CC(=O)N[C@@H]1[C@H](O)[C@@H](O)[C@H](CO)O[C@@H]1Sc1cccc(C)n1. The van der Waals surface area contributed by atoms with E-state index >= 15 is 0 Å². The monoisotopic (exact) mass is 328 g/mol. The van der Waals surface area contributed by atoms with Crippen LogP contribution in [0.1, 0.15) is 12.6 Å². The zero-order chi connectivity index (χ0) is 16.3. The van der Waals surface area contributed by atoms with E-state index in [0.717, 1.165) is 5.69 Å². The second-order valence-corrected chi connectivity index (χ2v) is 6.29. The molecule has 8 heteroatoms. The first-order chi connectivity index (χ1) is 10.4. The van der Waals surface area contributed by atoms with Gasteiger partial charge < -0.3 is 25.4 Å². The van der Waals surface area contributed by atoms with E-state index in [0.29, 0.717) is 5.03 Å². The lowest BCUT2D eigenvalue weighted by molar-refractivity contribution is -0.173. The third kappa shape index (κ3) is 3.96. The Kier molecular flexibility index (Phi) is 5.76. The van der Waals surface area contributed by atoms with Crippen molar-refractivity contribution in [2.75, 3.05) is 6.61 Å². The molecular formula is C14H20N2O5S. The van der Waals surface area contributed by atoms with Crippen LogP contribution in [0.3, 0.4) is 0 Å². The lowest BCUT2D eigenvalue weighted by Crippen LogP contribution is -2.63. The van der Waals surface area contributed by atoms with E-state index in [1.54, 1.807) is 6.07 Å². The predicted octanol–water partition coefficient (Wildman–Crippen LogP) is -0.574. The van der Waals surface area contributed by atoms with Gasteiger partial charge in [0.15, 0.2) is 0 Å². The lowest BCUT2D eigenvalue weighted by atomic mass is 9.98. The third-order valence-electron chi connectivity index (χ3n) is 3.35. The van der Waals surface area contributed by atoms with Gasteiger partial charge in [0.1, 0.15) is 23.7 Å². The van der Waals surface area contributed by atoms with E-state index in [1.165, 1.54) is 18.7 Å². The molecule has 2 rings (SSSR count). The normalized spacial score (nSPS) is 31.8. The van der Waals surface area contributed by atoms with Crippen LogP contribution in [-0.2, 0) is 9.53 Å². The smallest absolute Gasteiger partial charge is 0.217 e. The number of hydrogen-bond acceptors (Lipinski definition) is 7. The van der Waals surface area contributed by atoms with Gasteiger partial charge in [-0.15, -0.1) is 0 Å². The first-order valence-corrected chi connectivity index (χ1v) is 7.80. The Morgan fingerprint density at radius 1 is 1.41 bits per heavy atom. The quantitative estimate of drug-likeness (QED) is 0.585. The molecule has 0 radical (unpaired) electrons. The van der Waals surface area contributed by atoms with Crippen molar-refractivity contribution in [1.29, 1.82) is 0 Å². The fourth-order valence-electron chi connectivity index (χ4n) is 2.27. The average Bonchev–Trinajstić information content (AvgIpc) is 2.46. The van der Waals surface area contributed by atoms with Gasteiger partial charge in [-0.3, -0.25) is 4.79 Å². The maximum atomic E-state index is 11.3. The van der Waals surface area contributed by atoms with Gasteiger partial charge in [-0.05, 0) is 19.1 Å². The van der Waals surface area contributed by atoms with Gasteiger partial charge in [0.25, 0.3) is 0 Å². The minimum absolute atomic E-state index is 0.343. The zero-order valence-electron chi connectivity index (χ0n) is 12.3. The van der Waals surface area contributed by atoms with Crippen molar-refractivity contribution >= 4 is 17.7 Å². The summed E-state index contributed by atoms with van der Waals surface area (Å²) < 4.78 is 5.62. The number of aromatic nitrogens is 1. The standard InChI is InChI=1S/C14H20N2O5S/c1-7-4-3-5-10(15-7)22-14-11(16-8(2)18)13(20)12(19)9(6-17)21-14/h3-5,9,11-14,17,19-20H,6H2,1-2H3,(H,16,18)/t9-,11+,12-,13-,14+/m0/s1. The molecule has 5 atom stereocenters. The first-order valence-electron chi connectivity index (χ1n) is 6.92. The van der Waals surface area contributed by atoms with E-state index < -0.39 is 36.4 Å². The minimum atomic E-state index is -1.27. The molecule has 122 valence electrons. The van der Waals surface area contributed by atoms with Gasteiger partial charge in [0.05, 0.1) is 17.7 Å². The number of nitrogens with zero attached hydrogens (tertiary/aromatic N) is 1. The van der Waals surface area contributed by atoms with Crippen LogP contribution < -0.4 is 5.32 Å². The number of aliphatic hydroxyl groups excluding tert-OH is 3. The van der Waals surface area contributed by atoms with Crippen molar-refractivity contribution < 1.29 is 24.9 Å².